The third kappa shape index (κ3) is 3.23. The fourth-order valence-corrected chi connectivity index (χ4v) is 3.43. The van der Waals surface area contributed by atoms with E-state index in [1.807, 2.05) is 6.07 Å². The predicted octanol–water partition coefficient (Wildman–Crippen LogP) is 1.73. The van der Waals surface area contributed by atoms with Crippen molar-refractivity contribution < 1.29 is 24.2 Å². The van der Waals surface area contributed by atoms with Gasteiger partial charge in [0.15, 0.2) is 0 Å². The normalized spacial score (nSPS) is 19.0. The zero-order chi connectivity index (χ0) is 19.0. The van der Waals surface area contributed by atoms with Crippen molar-refractivity contribution in [2.24, 2.45) is 0 Å². The van der Waals surface area contributed by atoms with E-state index < -0.39 is 11.9 Å². The molecule has 2 aromatic carbocycles. The second-order valence-electron chi connectivity index (χ2n) is 6.64. The number of ether oxygens (including phenoxy) is 1. The van der Waals surface area contributed by atoms with Gasteiger partial charge in [0.2, 0.25) is 11.8 Å². The molecule has 7 heteroatoms. The molecule has 0 aliphatic carbocycles. The van der Waals surface area contributed by atoms with Crippen molar-refractivity contribution in [3.63, 3.8) is 0 Å². The summed E-state index contributed by atoms with van der Waals surface area (Å²) >= 11 is 0. The summed E-state index contributed by atoms with van der Waals surface area (Å²) in [5, 5.41) is 12.1. The molecule has 2 heterocycles. The highest BCUT2D eigenvalue weighted by molar-refractivity contribution is 6.05. The van der Waals surface area contributed by atoms with E-state index in [4.69, 9.17) is 4.74 Å². The molecule has 1 saturated heterocycles. The third-order valence-corrected chi connectivity index (χ3v) is 4.88. The lowest BCUT2D eigenvalue weighted by molar-refractivity contribution is -0.136. The Morgan fingerprint density at radius 2 is 1.96 bits per heavy atom. The lowest BCUT2D eigenvalue weighted by Crippen LogP contribution is -2.52. The van der Waals surface area contributed by atoms with Gasteiger partial charge in [0.05, 0.1) is 0 Å². The summed E-state index contributed by atoms with van der Waals surface area (Å²) in [6, 6.07) is 11.5. The number of phenols is 1. The molecule has 1 atom stereocenters. The van der Waals surface area contributed by atoms with Crippen molar-refractivity contribution in [3.8, 4) is 11.5 Å². The second kappa shape index (κ2) is 6.75. The maximum Gasteiger partial charge on any atom is 0.255 e. The summed E-state index contributed by atoms with van der Waals surface area (Å²) in [6.45, 7) is 0.504. The fraction of sp³-hybridized carbons (Fsp3) is 0.250. The van der Waals surface area contributed by atoms with E-state index in [1.54, 1.807) is 36.4 Å². The number of aromatic hydroxyl groups is 1. The number of nitrogens with one attached hydrogen (secondary N) is 1. The van der Waals surface area contributed by atoms with Gasteiger partial charge in [0.25, 0.3) is 5.91 Å². The number of hydrogen-bond acceptors (Lipinski definition) is 5. The molecule has 0 radical (unpaired) electrons. The molecule has 2 aliphatic heterocycles. The van der Waals surface area contributed by atoms with Crippen LogP contribution in [0.1, 0.15) is 34.3 Å². The molecule has 0 spiro atoms. The number of fused-ring (bicyclic) bond motifs is 1. The van der Waals surface area contributed by atoms with Gasteiger partial charge in [-0.25, -0.2) is 0 Å². The van der Waals surface area contributed by atoms with E-state index in [0.717, 1.165) is 5.56 Å². The molecule has 7 nitrogen and oxygen atoms in total. The van der Waals surface area contributed by atoms with Gasteiger partial charge in [-0.15, -0.1) is 0 Å². The number of carbonyl (C=O) groups is 3. The summed E-state index contributed by atoms with van der Waals surface area (Å²) in [5.41, 5.74) is 1.98. The van der Waals surface area contributed by atoms with Gasteiger partial charge >= 0.3 is 0 Å². The highest BCUT2D eigenvalue weighted by Crippen LogP contribution is 2.30. The number of amides is 3. The standard InChI is InChI=1S/C20H18N2O5/c23-17-4-2-1-3-12(17)11-27-14-5-6-15-13(9-14)10-22(20(15)26)16-7-8-18(24)21-19(16)25/h1-6,9,16,23H,7-8,10-11H2,(H,21,24,25). The van der Waals surface area contributed by atoms with Crippen molar-refractivity contribution in [2.45, 2.75) is 32.0 Å². The van der Waals surface area contributed by atoms with E-state index in [0.29, 0.717) is 29.8 Å². The zero-order valence-electron chi connectivity index (χ0n) is 14.5. The van der Waals surface area contributed by atoms with Crippen LogP contribution in [-0.2, 0) is 22.7 Å². The third-order valence-electron chi connectivity index (χ3n) is 4.88. The zero-order valence-corrected chi connectivity index (χ0v) is 14.5. The lowest BCUT2D eigenvalue weighted by atomic mass is 10.0. The molecule has 27 heavy (non-hydrogen) atoms. The number of hydrogen-bond donors (Lipinski definition) is 2. The van der Waals surface area contributed by atoms with Crippen LogP contribution in [0, 0.1) is 0 Å². The summed E-state index contributed by atoms with van der Waals surface area (Å²) < 4.78 is 5.74. The van der Waals surface area contributed by atoms with Crippen molar-refractivity contribution in [3.05, 3.63) is 59.2 Å². The minimum absolute atomic E-state index is 0.165. The maximum atomic E-state index is 12.6. The van der Waals surface area contributed by atoms with E-state index in [2.05, 4.69) is 5.32 Å². The number of carbonyl (C=O) groups excluding carboxylic acids is 3. The van der Waals surface area contributed by atoms with E-state index in [9.17, 15) is 19.5 Å². The maximum absolute atomic E-state index is 12.6. The Bertz CT molecular complexity index is 940. The van der Waals surface area contributed by atoms with Crippen LogP contribution in [0.2, 0.25) is 0 Å². The Hall–Kier alpha value is -3.35. The van der Waals surface area contributed by atoms with Crippen LogP contribution in [-0.4, -0.2) is 33.8 Å². The van der Waals surface area contributed by atoms with E-state index in [1.165, 1.54) is 4.90 Å². The highest BCUT2D eigenvalue weighted by atomic mass is 16.5. The lowest BCUT2D eigenvalue weighted by Gasteiger charge is -2.29. The molecule has 2 aliphatic rings. The number of piperidine rings is 1. The van der Waals surface area contributed by atoms with Crippen LogP contribution in [0.5, 0.6) is 11.5 Å². The Kier molecular flexibility index (Phi) is 4.27. The molecule has 0 saturated carbocycles. The van der Waals surface area contributed by atoms with E-state index >= 15 is 0 Å². The highest BCUT2D eigenvalue weighted by Gasteiger charge is 2.39. The molecule has 2 aromatic rings. The fourth-order valence-electron chi connectivity index (χ4n) is 3.43. The average Bonchev–Trinajstić information content (AvgIpc) is 2.97. The minimum atomic E-state index is -0.631. The Morgan fingerprint density at radius 3 is 2.74 bits per heavy atom. The Labute approximate surface area is 155 Å². The van der Waals surface area contributed by atoms with Gasteiger partial charge in [0, 0.05) is 24.1 Å². The Balaban J connectivity index is 1.48. The molecule has 2 N–H and O–H groups in total. The largest absolute Gasteiger partial charge is 0.508 e. The molecule has 1 fully saturated rings. The first kappa shape index (κ1) is 17.1. The monoisotopic (exact) mass is 366 g/mol. The van der Waals surface area contributed by atoms with Crippen LogP contribution < -0.4 is 10.1 Å². The quantitative estimate of drug-likeness (QED) is 0.804. The summed E-state index contributed by atoms with van der Waals surface area (Å²) in [4.78, 5) is 37.5. The van der Waals surface area contributed by atoms with Gasteiger partial charge in [-0.2, -0.15) is 0 Å². The van der Waals surface area contributed by atoms with Gasteiger partial charge in [-0.3, -0.25) is 19.7 Å². The molecule has 4 rings (SSSR count). The SMILES string of the molecule is O=C1CCC(N2Cc3cc(OCc4ccccc4O)ccc3C2=O)C(=O)N1. The number of nitrogens with zero attached hydrogens (tertiary/aromatic N) is 1. The minimum Gasteiger partial charge on any atom is -0.508 e. The average molecular weight is 366 g/mol. The number of imide groups is 1. The van der Waals surface area contributed by atoms with Crippen molar-refractivity contribution in [1.29, 1.82) is 0 Å². The summed E-state index contributed by atoms with van der Waals surface area (Å²) in [6.07, 6.45) is 0.562. The van der Waals surface area contributed by atoms with Gasteiger partial charge in [-0.1, -0.05) is 18.2 Å². The van der Waals surface area contributed by atoms with Gasteiger partial charge in [0.1, 0.15) is 24.1 Å². The van der Waals surface area contributed by atoms with E-state index in [-0.39, 0.29) is 30.6 Å². The van der Waals surface area contributed by atoms with Crippen LogP contribution in [0.25, 0.3) is 0 Å². The topological polar surface area (TPSA) is 95.9 Å². The van der Waals surface area contributed by atoms with Crippen molar-refractivity contribution in [1.82, 2.24) is 10.2 Å². The Morgan fingerprint density at radius 1 is 1.15 bits per heavy atom. The smallest absolute Gasteiger partial charge is 0.255 e. The van der Waals surface area contributed by atoms with Crippen LogP contribution in [0.15, 0.2) is 42.5 Å². The first-order valence-corrected chi connectivity index (χ1v) is 8.70. The van der Waals surface area contributed by atoms with Gasteiger partial charge < -0.3 is 14.7 Å². The molecular formula is C20H18N2O5. The van der Waals surface area contributed by atoms with Crippen LogP contribution in [0.3, 0.4) is 0 Å². The summed E-state index contributed by atoms with van der Waals surface area (Å²) in [7, 11) is 0. The predicted molar refractivity (Wildman–Crippen MR) is 94.9 cm³/mol. The molecule has 1 unspecified atom stereocenters. The van der Waals surface area contributed by atoms with Gasteiger partial charge in [-0.05, 0) is 36.2 Å². The second-order valence-corrected chi connectivity index (χ2v) is 6.64. The van der Waals surface area contributed by atoms with Crippen molar-refractivity contribution >= 4 is 17.7 Å². The summed E-state index contributed by atoms with van der Waals surface area (Å²) in [5.74, 6) is -0.205. The van der Waals surface area contributed by atoms with Crippen LogP contribution in [0.4, 0.5) is 0 Å². The number of benzene rings is 2. The van der Waals surface area contributed by atoms with Crippen molar-refractivity contribution in [2.75, 3.05) is 0 Å². The number of rotatable bonds is 4. The first-order valence-electron chi connectivity index (χ1n) is 8.70. The first-order chi connectivity index (χ1) is 13.0. The molecule has 138 valence electrons. The number of para-hydroxylation sites is 1. The molecule has 0 bridgehead atoms. The molecule has 3 amide bonds. The molecular weight excluding hydrogens is 348 g/mol. The molecule has 0 aromatic heterocycles. The van der Waals surface area contributed by atoms with Crippen LogP contribution >= 0.6 is 0 Å². The number of phenolic OH excluding ortho intramolecular Hbond substituents is 1.